The number of ketones is 1. The molecule has 162 valence electrons. The van der Waals surface area contributed by atoms with Gasteiger partial charge in [-0.1, -0.05) is 39.3 Å². The van der Waals surface area contributed by atoms with Crippen molar-refractivity contribution in [2.45, 2.75) is 59.3 Å². The largest absolute Gasteiger partial charge is 0.494 e. The Kier molecular flexibility index (Phi) is 6.54. The fourth-order valence-corrected chi connectivity index (χ4v) is 4.02. The summed E-state index contributed by atoms with van der Waals surface area (Å²) in [5, 5.41) is 0. The molecule has 30 heavy (non-hydrogen) atoms. The number of allylic oxidation sites excluding steroid dienone is 2. The molecule has 0 amide bonds. The van der Waals surface area contributed by atoms with E-state index in [4.69, 9.17) is 19.9 Å². The molecule has 1 atom stereocenters. The van der Waals surface area contributed by atoms with Crippen molar-refractivity contribution < 1.29 is 23.8 Å². The van der Waals surface area contributed by atoms with Crippen molar-refractivity contribution in [2.75, 3.05) is 13.2 Å². The number of ether oxygens (including phenoxy) is 3. The highest BCUT2D eigenvalue weighted by molar-refractivity contribution is 6.03. The number of rotatable bonds is 7. The predicted octanol–water partition coefficient (Wildman–Crippen LogP) is 4.36. The lowest BCUT2D eigenvalue weighted by atomic mass is 9.70. The van der Waals surface area contributed by atoms with E-state index in [1.807, 2.05) is 38.1 Å². The van der Waals surface area contributed by atoms with Crippen LogP contribution in [-0.4, -0.2) is 25.0 Å². The SMILES string of the molecule is CCCCOc1ccc(C2C(C(=O)OCC)=C(N)OC3=C2C(=O)CC(C)(C)C3)cc1. The fourth-order valence-electron chi connectivity index (χ4n) is 4.02. The first-order chi connectivity index (χ1) is 14.3. The maximum atomic E-state index is 13.1. The van der Waals surface area contributed by atoms with Gasteiger partial charge in [0.2, 0.25) is 5.88 Å². The zero-order valence-corrected chi connectivity index (χ0v) is 18.2. The maximum absolute atomic E-state index is 13.1. The Morgan fingerprint density at radius 2 is 1.90 bits per heavy atom. The number of hydrogen-bond donors (Lipinski definition) is 1. The summed E-state index contributed by atoms with van der Waals surface area (Å²) in [5.41, 5.74) is 7.43. The number of benzene rings is 1. The number of unbranched alkanes of at least 4 members (excludes halogenated alkanes) is 1. The van der Waals surface area contributed by atoms with E-state index in [1.54, 1.807) is 6.92 Å². The second kappa shape index (κ2) is 8.94. The molecule has 0 fully saturated rings. The van der Waals surface area contributed by atoms with Gasteiger partial charge in [0, 0.05) is 18.4 Å². The molecule has 1 aromatic carbocycles. The Bertz CT molecular complexity index is 879. The molecular weight excluding hydrogens is 382 g/mol. The van der Waals surface area contributed by atoms with Crippen molar-refractivity contribution in [3.05, 3.63) is 52.6 Å². The first kappa shape index (κ1) is 21.9. The van der Waals surface area contributed by atoms with Gasteiger partial charge < -0.3 is 19.9 Å². The Morgan fingerprint density at radius 3 is 2.53 bits per heavy atom. The molecular formula is C24H31NO5. The average Bonchev–Trinajstić information content (AvgIpc) is 2.67. The minimum Gasteiger partial charge on any atom is -0.494 e. The van der Waals surface area contributed by atoms with Gasteiger partial charge in [-0.3, -0.25) is 4.79 Å². The molecule has 0 spiro atoms. The number of nitrogens with two attached hydrogens (primary N) is 1. The van der Waals surface area contributed by atoms with Crippen LogP contribution in [0.25, 0.3) is 0 Å². The van der Waals surface area contributed by atoms with E-state index in [-0.39, 0.29) is 29.3 Å². The molecule has 1 aliphatic carbocycles. The van der Waals surface area contributed by atoms with Crippen LogP contribution in [0.1, 0.15) is 64.9 Å². The van der Waals surface area contributed by atoms with Crippen LogP contribution in [0.5, 0.6) is 5.75 Å². The maximum Gasteiger partial charge on any atom is 0.340 e. The normalized spacial score (nSPS) is 20.5. The van der Waals surface area contributed by atoms with Crippen LogP contribution < -0.4 is 10.5 Å². The molecule has 6 nitrogen and oxygen atoms in total. The van der Waals surface area contributed by atoms with E-state index >= 15 is 0 Å². The smallest absolute Gasteiger partial charge is 0.340 e. The van der Waals surface area contributed by atoms with Gasteiger partial charge in [0.25, 0.3) is 0 Å². The van der Waals surface area contributed by atoms with Crippen LogP contribution in [0.3, 0.4) is 0 Å². The molecule has 2 N–H and O–H groups in total. The monoisotopic (exact) mass is 413 g/mol. The van der Waals surface area contributed by atoms with Gasteiger partial charge in [-0.2, -0.15) is 0 Å². The number of esters is 1. The lowest BCUT2D eigenvalue weighted by molar-refractivity contribution is -0.139. The summed E-state index contributed by atoms with van der Waals surface area (Å²) in [6.07, 6.45) is 3.01. The number of Topliss-reactive ketones (excluding diaryl/α,β-unsaturated/α-hetero) is 1. The van der Waals surface area contributed by atoms with Crippen molar-refractivity contribution in [3.63, 3.8) is 0 Å². The Hall–Kier alpha value is -2.76. The predicted molar refractivity (Wildman–Crippen MR) is 114 cm³/mol. The van der Waals surface area contributed by atoms with E-state index in [1.165, 1.54) is 0 Å². The van der Waals surface area contributed by atoms with Crippen molar-refractivity contribution in [1.82, 2.24) is 0 Å². The minimum atomic E-state index is -0.610. The van der Waals surface area contributed by atoms with Gasteiger partial charge >= 0.3 is 5.97 Å². The van der Waals surface area contributed by atoms with Crippen molar-refractivity contribution in [2.24, 2.45) is 11.1 Å². The van der Waals surface area contributed by atoms with Crippen LogP contribution in [0.2, 0.25) is 0 Å². The Balaban J connectivity index is 2.02. The number of hydrogen-bond acceptors (Lipinski definition) is 6. The van der Waals surface area contributed by atoms with Gasteiger partial charge in [0.05, 0.1) is 19.1 Å². The molecule has 0 bridgehead atoms. The molecule has 2 aliphatic rings. The second-order valence-corrected chi connectivity index (χ2v) is 8.58. The molecule has 1 aliphatic heterocycles. The zero-order valence-electron chi connectivity index (χ0n) is 18.2. The van der Waals surface area contributed by atoms with Crippen LogP contribution in [-0.2, 0) is 19.1 Å². The minimum absolute atomic E-state index is 0.00553. The van der Waals surface area contributed by atoms with Crippen molar-refractivity contribution in [3.8, 4) is 5.75 Å². The van der Waals surface area contributed by atoms with E-state index in [0.29, 0.717) is 30.8 Å². The van der Waals surface area contributed by atoms with Crippen LogP contribution in [0.15, 0.2) is 47.1 Å². The third kappa shape index (κ3) is 4.53. The summed E-state index contributed by atoms with van der Waals surface area (Å²) in [7, 11) is 0. The van der Waals surface area contributed by atoms with Crippen molar-refractivity contribution in [1.29, 1.82) is 0 Å². The summed E-state index contributed by atoms with van der Waals surface area (Å²) in [6.45, 7) is 8.75. The Labute approximate surface area is 178 Å². The lowest BCUT2D eigenvalue weighted by Gasteiger charge is -2.37. The first-order valence-corrected chi connectivity index (χ1v) is 10.6. The van der Waals surface area contributed by atoms with E-state index in [2.05, 4.69) is 6.92 Å². The van der Waals surface area contributed by atoms with E-state index in [9.17, 15) is 9.59 Å². The van der Waals surface area contributed by atoms with Gasteiger partial charge in [-0.25, -0.2) is 4.79 Å². The summed E-state index contributed by atoms with van der Waals surface area (Å²) >= 11 is 0. The first-order valence-electron chi connectivity index (χ1n) is 10.6. The molecule has 1 heterocycles. The highest BCUT2D eigenvalue weighted by Crippen LogP contribution is 2.48. The van der Waals surface area contributed by atoms with Crippen LogP contribution in [0, 0.1) is 5.41 Å². The topological polar surface area (TPSA) is 87.8 Å². The van der Waals surface area contributed by atoms with Gasteiger partial charge in [-0.05, 0) is 36.5 Å². The number of carbonyl (C=O) groups is 2. The molecule has 0 aromatic heterocycles. The zero-order chi connectivity index (χ0) is 21.9. The van der Waals surface area contributed by atoms with E-state index in [0.717, 1.165) is 24.2 Å². The molecule has 1 aromatic rings. The molecule has 6 heteroatoms. The number of carbonyl (C=O) groups excluding carboxylic acids is 2. The van der Waals surface area contributed by atoms with Crippen LogP contribution in [0.4, 0.5) is 0 Å². The molecule has 0 saturated heterocycles. The Morgan fingerprint density at radius 1 is 1.20 bits per heavy atom. The summed E-state index contributed by atoms with van der Waals surface area (Å²) < 4.78 is 16.8. The highest BCUT2D eigenvalue weighted by Gasteiger charge is 2.45. The van der Waals surface area contributed by atoms with Gasteiger partial charge in [0.15, 0.2) is 5.78 Å². The van der Waals surface area contributed by atoms with Gasteiger partial charge in [-0.15, -0.1) is 0 Å². The highest BCUT2D eigenvalue weighted by atomic mass is 16.5. The third-order valence-corrected chi connectivity index (χ3v) is 5.43. The van der Waals surface area contributed by atoms with Crippen molar-refractivity contribution >= 4 is 11.8 Å². The fraction of sp³-hybridized carbons (Fsp3) is 0.500. The average molecular weight is 414 g/mol. The molecule has 1 unspecified atom stereocenters. The van der Waals surface area contributed by atoms with Crippen LogP contribution >= 0.6 is 0 Å². The van der Waals surface area contributed by atoms with E-state index < -0.39 is 11.9 Å². The van der Waals surface area contributed by atoms with Gasteiger partial charge in [0.1, 0.15) is 17.1 Å². The summed E-state index contributed by atoms with van der Waals surface area (Å²) in [4.78, 5) is 25.9. The third-order valence-electron chi connectivity index (χ3n) is 5.43. The standard InChI is InChI=1S/C24H31NO5/c1-5-7-12-29-16-10-8-15(9-11-16)19-20-17(26)13-24(3,4)14-18(20)30-22(25)21(19)23(27)28-6-2/h8-11,19H,5-7,12-14,25H2,1-4H3. The second-order valence-electron chi connectivity index (χ2n) is 8.58. The quantitative estimate of drug-likeness (QED) is 0.528. The molecule has 0 saturated carbocycles. The summed E-state index contributed by atoms with van der Waals surface area (Å²) in [5.74, 6) is 0.109. The lowest BCUT2D eigenvalue weighted by Crippen LogP contribution is -2.35. The molecule has 3 rings (SSSR count). The molecule has 0 radical (unpaired) electrons. The summed E-state index contributed by atoms with van der Waals surface area (Å²) in [6, 6.07) is 7.47.